The first-order valence-electron chi connectivity index (χ1n) is 8.10. The molecule has 0 saturated heterocycles. The predicted octanol–water partition coefficient (Wildman–Crippen LogP) is 3.36. The lowest BCUT2D eigenvalue weighted by Gasteiger charge is -2.14. The van der Waals surface area contributed by atoms with E-state index in [2.05, 4.69) is 10.3 Å². The number of carbonyl (C=O) groups is 1. The molecule has 0 bridgehead atoms. The Hall–Kier alpha value is -2.25. The fourth-order valence-corrected chi connectivity index (χ4v) is 3.77. The normalized spacial score (nSPS) is 15.4. The van der Waals surface area contributed by atoms with Crippen LogP contribution in [0.5, 0.6) is 0 Å². The number of thiazole rings is 1. The Kier molecular flexibility index (Phi) is 4.05. The first kappa shape index (κ1) is 16.2. The summed E-state index contributed by atoms with van der Waals surface area (Å²) in [6.45, 7) is 1.29. The number of ether oxygens (including phenoxy) is 1. The lowest BCUT2D eigenvalue weighted by atomic mass is 10.1. The van der Waals surface area contributed by atoms with Crippen molar-refractivity contribution in [3.63, 3.8) is 0 Å². The van der Waals surface area contributed by atoms with Gasteiger partial charge >= 0.3 is 0 Å². The summed E-state index contributed by atoms with van der Waals surface area (Å²) in [5, 5.41) is 4.82. The summed E-state index contributed by atoms with van der Waals surface area (Å²) >= 11 is 1.41. The molecule has 2 aromatic heterocycles. The highest BCUT2D eigenvalue weighted by molar-refractivity contribution is 7.15. The molecule has 1 amide bonds. The van der Waals surface area contributed by atoms with Crippen molar-refractivity contribution in [3.05, 3.63) is 47.4 Å². The third-order valence-corrected chi connectivity index (χ3v) is 5.45. The van der Waals surface area contributed by atoms with Gasteiger partial charge in [-0.3, -0.25) is 9.20 Å². The molecule has 3 aromatic rings. The first-order valence-corrected chi connectivity index (χ1v) is 8.98. The molecule has 0 atom stereocenters. The van der Waals surface area contributed by atoms with E-state index in [1.165, 1.54) is 23.5 Å². The van der Waals surface area contributed by atoms with E-state index in [0.717, 1.165) is 29.1 Å². The highest BCUT2D eigenvalue weighted by Crippen LogP contribution is 2.45. The average Bonchev–Trinajstić information content (AvgIpc) is 3.06. The van der Waals surface area contributed by atoms with Gasteiger partial charge in [0.2, 0.25) is 0 Å². The van der Waals surface area contributed by atoms with Gasteiger partial charge in [-0.25, -0.2) is 9.37 Å². The van der Waals surface area contributed by atoms with Crippen molar-refractivity contribution >= 4 is 22.2 Å². The van der Waals surface area contributed by atoms with E-state index in [9.17, 15) is 9.18 Å². The number of amides is 1. The molecule has 1 N–H and O–H groups in total. The van der Waals surface area contributed by atoms with E-state index in [0.29, 0.717) is 18.8 Å². The van der Waals surface area contributed by atoms with Gasteiger partial charge in [0.05, 0.1) is 12.3 Å². The molecule has 7 heteroatoms. The van der Waals surface area contributed by atoms with E-state index in [-0.39, 0.29) is 17.1 Å². The molecule has 1 aliphatic rings. The number of hydrogen-bond donors (Lipinski definition) is 1. The SMILES string of the molecule is COCC1(CNC(=O)c2csc3nc(-c4ccc(F)cc4)cn23)CC1. The van der Waals surface area contributed by atoms with E-state index < -0.39 is 0 Å². The fraction of sp³-hybridized carbons (Fsp3) is 0.333. The molecule has 2 heterocycles. The van der Waals surface area contributed by atoms with Crippen LogP contribution in [0.2, 0.25) is 0 Å². The van der Waals surface area contributed by atoms with Gasteiger partial charge in [0.25, 0.3) is 5.91 Å². The zero-order valence-electron chi connectivity index (χ0n) is 13.8. The number of methoxy groups -OCH3 is 1. The van der Waals surface area contributed by atoms with Crippen LogP contribution in [0.15, 0.2) is 35.8 Å². The zero-order chi connectivity index (χ0) is 17.4. The van der Waals surface area contributed by atoms with Crippen LogP contribution in [-0.4, -0.2) is 35.6 Å². The van der Waals surface area contributed by atoms with Crippen LogP contribution in [0.25, 0.3) is 16.2 Å². The molecule has 0 unspecified atom stereocenters. The molecular formula is C18H18FN3O2S. The average molecular weight is 359 g/mol. The molecule has 1 fully saturated rings. The number of hydrogen-bond acceptors (Lipinski definition) is 4. The molecule has 5 nitrogen and oxygen atoms in total. The molecule has 0 aliphatic heterocycles. The molecule has 4 rings (SSSR count). The Labute approximate surface area is 148 Å². The molecule has 0 spiro atoms. The minimum absolute atomic E-state index is 0.105. The van der Waals surface area contributed by atoms with E-state index >= 15 is 0 Å². The van der Waals surface area contributed by atoms with Gasteiger partial charge in [0.15, 0.2) is 4.96 Å². The highest BCUT2D eigenvalue weighted by Gasteiger charge is 2.42. The summed E-state index contributed by atoms with van der Waals surface area (Å²) < 4.78 is 20.1. The molecule has 130 valence electrons. The first-order chi connectivity index (χ1) is 12.1. The third-order valence-electron chi connectivity index (χ3n) is 4.61. The van der Waals surface area contributed by atoms with Gasteiger partial charge in [0.1, 0.15) is 11.5 Å². The molecule has 1 saturated carbocycles. The Balaban J connectivity index is 1.54. The van der Waals surface area contributed by atoms with Crippen molar-refractivity contribution in [2.75, 3.05) is 20.3 Å². The molecular weight excluding hydrogens is 341 g/mol. The summed E-state index contributed by atoms with van der Waals surface area (Å²) in [7, 11) is 1.69. The number of imidazole rings is 1. The quantitative estimate of drug-likeness (QED) is 0.734. The maximum atomic E-state index is 13.1. The fourth-order valence-electron chi connectivity index (χ4n) is 2.92. The number of carbonyl (C=O) groups excluding carboxylic acids is 1. The number of halogens is 1. The zero-order valence-corrected chi connectivity index (χ0v) is 14.6. The maximum Gasteiger partial charge on any atom is 0.269 e. The standard InChI is InChI=1S/C18H18FN3O2S/c1-24-11-18(6-7-18)10-20-16(23)15-9-25-17-21-14(8-22(15)17)12-2-4-13(19)5-3-12/h2-5,8-9H,6-7,10-11H2,1H3,(H,20,23). The number of aromatic nitrogens is 2. The van der Waals surface area contributed by atoms with Gasteiger partial charge in [0, 0.05) is 36.2 Å². The molecule has 25 heavy (non-hydrogen) atoms. The second-order valence-corrected chi connectivity index (χ2v) is 7.36. The van der Waals surface area contributed by atoms with Crippen LogP contribution >= 0.6 is 11.3 Å². The second kappa shape index (κ2) is 6.24. The predicted molar refractivity (Wildman–Crippen MR) is 94.3 cm³/mol. The lowest BCUT2D eigenvalue weighted by Crippen LogP contribution is -2.32. The summed E-state index contributed by atoms with van der Waals surface area (Å²) in [5.41, 5.74) is 2.21. The van der Waals surface area contributed by atoms with Crippen molar-refractivity contribution in [2.24, 2.45) is 5.41 Å². The van der Waals surface area contributed by atoms with Crippen molar-refractivity contribution in [3.8, 4) is 11.3 Å². The van der Waals surface area contributed by atoms with Crippen molar-refractivity contribution in [1.82, 2.24) is 14.7 Å². The number of nitrogens with zero attached hydrogens (tertiary/aromatic N) is 2. The van der Waals surface area contributed by atoms with E-state index in [1.807, 2.05) is 11.6 Å². The van der Waals surface area contributed by atoms with Crippen molar-refractivity contribution < 1.29 is 13.9 Å². The molecule has 1 aromatic carbocycles. The Bertz CT molecular complexity index is 912. The van der Waals surface area contributed by atoms with E-state index in [1.54, 1.807) is 23.6 Å². The second-order valence-electron chi connectivity index (χ2n) is 6.52. The monoisotopic (exact) mass is 359 g/mol. The summed E-state index contributed by atoms with van der Waals surface area (Å²) in [5.74, 6) is -0.397. The number of fused-ring (bicyclic) bond motifs is 1. The van der Waals surface area contributed by atoms with Crippen molar-refractivity contribution in [1.29, 1.82) is 0 Å². The topological polar surface area (TPSA) is 55.6 Å². The van der Waals surface area contributed by atoms with Gasteiger partial charge < -0.3 is 10.1 Å². The van der Waals surface area contributed by atoms with Crippen LogP contribution in [0.3, 0.4) is 0 Å². The van der Waals surface area contributed by atoms with Crippen LogP contribution in [0.1, 0.15) is 23.3 Å². The van der Waals surface area contributed by atoms with Crippen LogP contribution in [-0.2, 0) is 4.74 Å². The Morgan fingerprint density at radius 3 is 2.84 bits per heavy atom. The van der Waals surface area contributed by atoms with Gasteiger partial charge in [-0.1, -0.05) is 0 Å². The van der Waals surface area contributed by atoms with Crippen molar-refractivity contribution in [2.45, 2.75) is 12.8 Å². The minimum atomic E-state index is -0.282. The smallest absolute Gasteiger partial charge is 0.269 e. The highest BCUT2D eigenvalue weighted by atomic mass is 32.1. The number of benzene rings is 1. The van der Waals surface area contributed by atoms with Gasteiger partial charge in [-0.15, -0.1) is 11.3 Å². The lowest BCUT2D eigenvalue weighted by molar-refractivity contribution is 0.0914. The molecule has 0 radical (unpaired) electrons. The third kappa shape index (κ3) is 3.17. The van der Waals surface area contributed by atoms with E-state index in [4.69, 9.17) is 4.74 Å². The van der Waals surface area contributed by atoms with Gasteiger partial charge in [-0.05, 0) is 37.1 Å². The van der Waals surface area contributed by atoms with Crippen LogP contribution in [0, 0.1) is 11.2 Å². The molecule has 1 aliphatic carbocycles. The number of nitrogens with one attached hydrogen (secondary N) is 1. The minimum Gasteiger partial charge on any atom is -0.384 e. The van der Waals surface area contributed by atoms with Crippen LogP contribution < -0.4 is 5.32 Å². The Morgan fingerprint density at radius 1 is 1.40 bits per heavy atom. The van der Waals surface area contributed by atoms with Crippen LogP contribution in [0.4, 0.5) is 4.39 Å². The summed E-state index contributed by atoms with van der Waals surface area (Å²) in [6, 6.07) is 6.18. The Morgan fingerprint density at radius 2 is 2.16 bits per heavy atom. The summed E-state index contributed by atoms with van der Waals surface area (Å²) in [4.78, 5) is 17.8. The largest absolute Gasteiger partial charge is 0.384 e. The summed E-state index contributed by atoms with van der Waals surface area (Å²) in [6.07, 6.45) is 3.98. The van der Waals surface area contributed by atoms with Gasteiger partial charge in [-0.2, -0.15) is 0 Å². The number of rotatable bonds is 6. The maximum absolute atomic E-state index is 13.1.